The van der Waals surface area contributed by atoms with Crippen LogP contribution in [0.4, 0.5) is 38.1 Å². The third-order valence-electron chi connectivity index (χ3n) is 4.40. The van der Waals surface area contributed by atoms with Crippen molar-refractivity contribution < 1.29 is 13.9 Å². The summed E-state index contributed by atoms with van der Waals surface area (Å²) in [5.41, 5.74) is 2.21. The zero-order valence-corrected chi connectivity index (χ0v) is 16.8. The number of carbonyl (C=O) groups excluding carboxylic acids is 1. The lowest BCUT2D eigenvalue weighted by Crippen LogP contribution is -2.18. The summed E-state index contributed by atoms with van der Waals surface area (Å²) in [5, 5.41) is 11.2. The van der Waals surface area contributed by atoms with E-state index in [4.69, 9.17) is 4.74 Å². The molecule has 2 aromatic carbocycles. The van der Waals surface area contributed by atoms with Crippen molar-refractivity contribution in [3.05, 3.63) is 54.3 Å². The Labute approximate surface area is 168 Å². The van der Waals surface area contributed by atoms with Gasteiger partial charge in [0, 0.05) is 38.2 Å². The van der Waals surface area contributed by atoms with Crippen LogP contribution in [-0.4, -0.2) is 41.6 Å². The SMILES string of the molecule is CCOC(=O)Nc1cccc(N(C)c2nnc(N(C)c3ccc(F)cc3)n2C)c1. The topological polar surface area (TPSA) is 75.5 Å². The van der Waals surface area contributed by atoms with E-state index in [0.717, 1.165) is 11.4 Å². The van der Waals surface area contributed by atoms with E-state index >= 15 is 0 Å². The van der Waals surface area contributed by atoms with Gasteiger partial charge in [0.2, 0.25) is 11.9 Å². The molecule has 3 aromatic rings. The van der Waals surface area contributed by atoms with E-state index in [1.54, 1.807) is 25.1 Å². The summed E-state index contributed by atoms with van der Waals surface area (Å²) in [7, 11) is 5.54. The van der Waals surface area contributed by atoms with Crippen molar-refractivity contribution in [2.75, 3.05) is 35.8 Å². The van der Waals surface area contributed by atoms with Crippen LogP contribution in [0.2, 0.25) is 0 Å². The molecule has 0 fully saturated rings. The molecule has 0 aliphatic carbocycles. The van der Waals surface area contributed by atoms with Crippen LogP contribution in [0.1, 0.15) is 6.92 Å². The highest BCUT2D eigenvalue weighted by Gasteiger charge is 2.18. The Morgan fingerprint density at radius 3 is 2.31 bits per heavy atom. The molecule has 1 N–H and O–H groups in total. The summed E-state index contributed by atoms with van der Waals surface area (Å²) in [4.78, 5) is 15.3. The number of hydrogen-bond donors (Lipinski definition) is 1. The zero-order chi connectivity index (χ0) is 21.0. The van der Waals surface area contributed by atoms with Crippen LogP contribution in [0.5, 0.6) is 0 Å². The molecule has 0 aliphatic rings. The van der Waals surface area contributed by atoms with Crippen LogP contribution in [0.25, 0.3) is 0 Å². The van der Waals surface area contributed by atoms with E-state index < -0.39 is 6.09 Å². The molecule has 0 aliphatic heterocycles. The van der Waals surface area contributed by atoms with E-state index in [9.17, 15) is 9.18 Å². The van der Waals surface area contributed by atoms with Gasteiger partial charge >= 0.3 is 6.09 Å². The van der Waals surface area contributed by atoms with Crippen LogP contribution in [0.15, 0.2) is 48.5 Å². The molecule has 0 atom stereocenters. The monoisotopic (exact) mass is 398 g/mol. The van der Waals surface area contributed by atoms with Crippen molar-refractivity contribution in [3.63, 3.8) is 0 Å². The van der Waals surface area contributed by atoms with Crippen molar-refractivity contribution in [2.24, 2.45) is 7.05 Å². The molecule has 1 heterocycles. The molecular formula is C20H23FN6O2. The third kappa shape index (κ3) is 4.45. The fourth-order valence-electron chi connectivity index (χ4n) is 2.87. The predicted octanol–water partition coefficient (Wildman–Crippen LogP) is 4.06. The molecule has 1 aromatic heterocycles. The molecule has 8 nitrogen and oxygen atoms in total. The van der Waals surface area contributed by atoms with Crippen LogP contribution < -0.4 is 15.1 Å². The van der Waals surface area contributed by atoms with E-state index in [-0.39, 0.29) is 5.82 Å². The second kappa shape index (κ2) is 8.59. The number of rotatable bonds is 6. The Hall–Kier alpha value is -3.62. The van der Waals surface area contributed by atoms with Gasteiger partial charge in [0.05, 0.1) is 6.61 Å². The Morgan fingerprint density at radius 2 is 1.69 bits per heavy atom. The number of nitrogens with zero attached hydrogens (tertiary/aromatic N) is 5. The molecule has 1 amide bonds. The molecule has 3 rings (SSSR count). The Balaban J connectivity index is 1.83. The van der Waals surface area contributed by atoms with Gasteiger partial charge in [0.1, 0.15) is 5.82 Å². The van der Waals surface area contributed by atoms with Crippen molar-refractivity contribution in [1.29, 1.82) is 0 Å². The van der Waals surface area contributed by atoms with Gasteiger partial charge in [-0.1, -0.05) is 6.07 Å². The van der Waals surface area contributed by atoms with E-state index in [2.05, 4.69) is 15.5 Å². The van der Waals surface area contributed by atoms with Gasteiger partial charge in [-0.2, -0.15) is 0 Å². The molecular weight excluding hydrogens is 375 g/mol. The molecule has 9 heteroatoms. The minimum atomic E-state index is -0.505. The van der Waals surface area contributed by atoms with E-state index in [1.165, 1.54) is 12.1 Å². The lowest BCUT2D eigenvalue weighted by Gasteiger charge is -2.21. The van der Waals surface area contributed by atoms with Crippen LogP contribution in [0, 0.1) is 5.82 Å². The van der Waals surface area contributed by atoms with Gasteiger partial charge in [-0.3, -0.25) is 9.88 Å². The molecule has 0 spiro atoms. The number of ether oxygens (including phenoxy) is 1. The summed E-state index contributed by atoms with van der Waals surface area (Å²) in [6.07, 6.45) is -0.505. The zero-order valence-electron chi connectivity index (χ0n) is 16.8. The number of benzene rings is 2. The Bertz CT molecular complexity index is 989. The maximum atomic E-state index is 13.2. The normalized spacial score (nSPS) is 10.5. The largest absolute Gasteiger partial charge is 0.450 e. The van der Waals surface area contributed by atoms with Crippen molar-refractivity contribution >= 4 is 35.1 Å². The maximum Gasteiger partial charge on any atom is 0.411 e. The van der Waals surface area contributed by atoms with Crippen molar-refractivity contribution in [2.45, 2.75) is 6.92 Å². The van der Waals surface area contributed by atoms with Crippen LogP contribution in [0.3, 0.4) is 0 Å². The number of aromatic nitrogens is 3. The lowest BCUT2D eigenvalue weighted by molar-refractivity contribution is 0.168. The maximum absolute atomic E-state index is 13.2. The lowest BCUT2D eigenvalue weighted by atomic mass is 10.2. The number of anilines is 5. The smallest absolute Gasteiger partial charge is 0.411 e. The molecule has 0 saturated heterocycles. The molecule has 0 unspecified atom stereocenters. The summed E-state index contributed by atoms with van der Waals surface area (Å²) >= 11 is 0. The second-order valence-electron chi connectivity index (χ2n) is 6.35. The highest BCUT2D eigenvalue weighted by atomic mass is 19.1. The molecule has 0 radical (unpaired) electrons. The predicted molar refractivity (Wildman–Crippen MR) is 111 cm³/mol. The van der Waals surface area contributed by atoms with Crippen LogP contribution in [-0.2, 0) is 11.8 Å². The fourth-order valence-corrected chi connectivity index (χ4v) is 2.87. The number of halogens is 1. The first-order valence-corrected chi connectivity index (χ1v) is 9.07. The average molecular weight is 398 g/mol. The number of carbonyl (C=O) groups is 1. The summed E-state index contributed by atoms with van der Waals surface area (Å²) in [6.45, 7) is 2.05. The highest BCUT2D eigenvalue weighted by molar-refractivity contribution is 5.85. The van der Waals surface area contributed by atoms with E-state index in [1.807, 2.05) is 53.7 Å². The third-order valence-corrected chi connectivity index (χ3v) is 4.40. The van der Waals surface area contributed by atoms with Gasteiger partial charge < -0.3 is 14.5 Å². The number of hydrogen-bond acceptors (Lipinski definition) is 6. The van der Waals surface area contributed by atoms with Crippen LogP contribution >= 0.6 is 0 Å². The average Bonchev–Trinajstić information content (AvgIpc) is 3.09. The molecule has 29 heavy (non-hydrogen) atoms. The minimum Gasteiger partial charge on any atom is -0.450 e. The van der Waals surface area contributed by atoms with Gasteiger partial charge in [0.15, 0.2) is 0 Å². The van der Waals surface area contributed by atoms with Gasteiger partial charge in [-0.05, 0) is 49.4 Å². The van der Waals surface area contributed by atoms with Crippen molar-refractivity contribution in [1.82, 2.24) is 14.8 Å². The van der Waals surface area contributed by atoms with Crippen molar-refractivity contribution in [3.8, 4) is 0 Å². The Kier molecular flexibility index (Phi) is 5.96. The quantitative estimate of drug-likeness (QED) is 0.675. The standard InChI is InChI=1S/C20H23FN6O2/c1-5-29-20(28)22-15-7-6-8-17(13-15)26(3)19-24-23-18(27(19)4)25(2)16-11-9-14(21)10-12-16/h6-13H,5H2,1-4H3,(H,22,28). The minimum absolute atomic E-state index is 0.295. The van der Waals surface area contributed by atoms with Gasteiger partial charge in [0.25, 0.3) is 0 Å². The second-order valence-corrected chi connectivity index (χ2v) is 6.35. The highest BCUT2D eigenvalue weighted by Crippen LogP contribution is 2.28. The first-order valence-electron chi connectivity index (χ1n) is 9.07. The molecule has 0 saturated carbocycles. The molecule has 152 valence electrons. The first-order chi connectivity index (χ1) is 13.9. The van der Waals surface area contributed by atoms with Gasteiger partial charge in [-0.25, -0.2) is 9.18 Å². The first kappa shape index (κ1) is 20.1. The number of amides is 1. The summed E-state index contributed by atoms with van der Waals surface area (Å²) < 4.78 is 19.9. The van der Waals surface area contributed by atoms with E-state index in [0.29, 0.717) is 24.2 Å². The summed E-state index contributed by atoms with van der Waals surface area (Å²) in [6, 6.07) is 13.5. The van der Waals surface area contributed by atoms with Gasteiger partial charge in [-0.15, -0.1) is 10.2 Å². The summed E-state index contributed by atoms with van der Waals surface area (Å²) in [5.74, 6) is 0.901. The molecule has 0 bridgehead atoms. The number of nitrogens with one attached hydrogen (secondary N) is 1. The fraction of sp³-hybridized carbons (Fsp3) is 0.250. The Morgan fingerprint density at radius 1 is 1.07 bits per heavy atom.